The fourth-order valence-electron chi connectivity index (χ4n) is 1.70. The Balaban J connectivity index is 2.46. The minimum atomic E-state index is -0.732. The zero-order valence-corrected chi connectivity index (χ0v) is 10.8. The van der Waals surface area contributed by atoms with Crippen molar-refractivity contribution in [2.75, 3.05) is 7.11 Å². The maximum absolute atomic E-state index is 10.3. The van der Waals surface area contributed by atoms with Crippen molar-refractivity contribution >= 4 is 11.5 Å². The van der Waals surface area contributed by atoms with E-state index >= 15 is 0 Å². The third-order valence-electron chi connectivity index (χ3n) is 2.61. The maximum atomic E-state index is 10.3. The molecule has 0 spiro atoms. The summed E-state index contributed by atoms with van der Waals surface area (Å²) in [6, 6.07) is 5.73. The predicted molar refractivity (Wildman–Crippen MR) is 66.4 cm³/mol. The van der Waals surface area contributed by atoms with E-state index in [1.54, 1.807) is 7.11 Å². The third-order valence-corrected chi connectivity index (χ3v) is 3.49. The van der Waals surface area contributed by atoms with Crippen molar-refractivity contribution in [2.45, 2.75) is 20.0 Å². The van der Waals surface area contributed by atoms with Gasteiger partial charge in [-0.1, -0.05) is 16.1 Å². The van der Waals surface area contributed by atoms with E-state index in [0.29, 0.717) is 5.75 Å². The standard InChI is InChI=1S/C12H14N2O2S/c1-7-4-5-10(16-3)9(6-7)11(15)12-8(2)13-14-17-12/h4-6,11,15H,1-3H3. The van der Waals surface area contributed by atoms with Crippen LogP contribution in [0.5, 0.6) is 5.75 Å². The number of nitrogens with zero attached hydrogens (tertiary/aromatic N) is 2. The Bertz CT molecular complexity index is 525. The molecule has 1 aromatic heterocycles. The zero-order chi connectivity index (χ0) is 12.4. The Morgan fingerprint density at radius 1 is 1.35 bits per heavy atom. The van der Waals surface area contributed by atoms with Crippen molar-refractivity contribution in [1.29, 1.82) is 0 Å². The van der Waals surface area contributed by atoms with Gasteiger partial charge in [-0.05, 0) is 37.5 Å². The lowest BCUT2D eigenvalue weighted by atomic mass is 10.0. The molecule has 0 aliphatic carbocycles. The molecule has 5 heteroatoms. The second-order valence-corrected chi connectivity index (χ2v) is 4.66. The number of aromatic nitrogens is 2. The Kier molecular flexibility index (Phi) is 3.40. The molecule has 90 valence electrons. The molecule has 1 unspecified atom stereocenters. The van der Waals surface area contributed by atoms with Gasteiger partial charge in [-0.25, -0.2) is 0 Å². The number of benzene rings is 1. The number of ether oxygens (including phenoxy) is 1. The van der Waals surface area contributed by atoms with Gasteiger partial charge in [-0.3, -0.25) is 0 Å². The number of aliphatic hydroxyl groups excluding tert-OH is 1. The van der Waals surface area contributed by atoms with Crippen LogP contribution < -0.4 is 4.74 Å². The van der Waals surface area contributed by atoms with E-state index in [0.717, 1.165) is 21.7 Å². The Morgan fingerprint density at radius 2 is 2.12 bits per heavy atom. The van der Waals surface area contributed by atoms with E-state index in [1.807, 2.05) is 32.0 Å². The highest BCUT2D eigenvalue weighted by Crippen LogP contribution is 2.33. The highest BCUT2D eigenvalue weighted by Gasteiger charge is 2.20. The lowest BCUT2D eigenvalue weighted by Gasteiger charge is -2.14. The molecule has 0 saturated heterocycles. The van der Waals surface area contributed by atoms with Crippen LogP contribution >= 0.6 is 11.5 Å². The summed E-state index contributed by atoms with van der Waals surface area (Å²) in [7, 11) is 1.60. The van der Waals surface area contributed by atoms with Crippen molar-refractivity contribution in [3.8, 4) is 5.75 Å². The number of aryl methyl sites for hydroxylation is 2. The van der Waals surface area contributed by atoms with Crippen LogP contribution in [-0.2, 0) is 0 Å². The quantitative estimate of drug-likeness (QED) is 0.907. The van der Waals surface area contributed by atoms with Gasteiger partial charge in [0.1, 0.15) is 11.9 Å². The van der Waals surface area contributed by atoms with Crippen molar-refractivity contribution in [2.24, 2.45) is 0 Å². The van der Waals surface area contributed by atoms with Crippen molar-refractivity contribution in [3.05, 3.63) is 39.9 Å². The molecule has 2 aromatic rings. The molecule has 1 N–H and O–H groups in total. The van der Waals surface area contributed by atoms with E-state index in [-0.39, 0.29) is 0 Å². The summed E-state index contributed by atoms with van der Waals surface area (Å²) in [6.07, 6.45) is -0.732. The molecule has 1 aromatic carbocycles. The molecule has 0 aliphatic rings. The summed E-state index contributed by atoms with van der Waals surface area (Å²) in [5.41, 5.74) is 2.59. The van der Waals surface area contributed by atoms with Crippen LogP contribution in [0, 0.1) is 13.8 Å². The first-order chi connectivity index (χ1) is 8.13. The molecule has 0 bridgehead atoms. The van der Waals surface area contributed by atoms with Gasteiger partial charge < -0.3 is 9.84 Å². The molecule has 0 amide bonds. The van der Waals surface area contributed by atoms with E-state index < -0.39 is 6.10 Å². The van der Waals surface area contributed by atoms with Crippen LogP contribution in [0.1, 0.15) is 27.8 Å². The number of methoxy groups -OCH3 is 1. The molecular formula is C12H14N2O2S. The van der Waals surface area contributed by atoms with E-state index in [9.17, 15) is 5.11 Å². The summed E-state index contributed by atoms with van der Waals surface area (Å²) < 4.78 is 9.10. The van der Waals surface area contributed by atoms with Gasteiger partial charge in [0.2, 0.25) is 0 Å². The van der Waals surface area contributed by atoms with Gasteiger partial charge in [0.15, 0.2) is 0 Å². The van der Waals surface area contributed by atoms with Crippen molar-refractivity contribution in [3.63, 3.8) is 0 Å². The number of hydrogen-bond acceptors (Lipinski definition) is 5. The lowest BCUT2D eigenvalue weighted by molar-refractivity contribution is 0.217. The first-order valence-corrected chi connectivity index (χ1v) is 6.02. The lowest BCUT2D eigenvalue weighted by Crippen LogP contribution is -2.02. The van der Waals surface area contributed by atoms with Gasteiger partial charge in [0, 0.05) is 5.56 Å². The van der Waals surface area contributed by atoms with Gasteiger partial charge in [-0.2, -0.15) is 0 Å². The van der Waals surface area contributed by atoms with Gasteiger partial charge in [0.05, 0.1) is 17.7 Å². The van der Waals surface area contributed by atoms with E-state index in [1.165, 1.54) is 11.5 Å². The van der Waals surface area contributed by atoms with Crippen LogP contribution in [0.4, 0.5) is 0 Å². The smallest absolute Gasteiger partial charge is 0.125 e. The second kappa shape index (κ2) is 4.81. The van der Waals surface area contributed by atoms with Crippen LogP contribution in [-0.4, -0.2) is 21.8 Å². The van der Waals surface area contributed by atoms with Crippen LogP contribution in [0.15, 0.2) is 18.2 Å². The molecule has 17 heavy (non-hydrogen) atoms. The zero-order valence-electron chi connectivity index (χ0n) is 9.97. The van der Waals surface area contributed by atoms with E-state index in [4.69, 9.17) is 4.74 Å². The van der Waals surface area contributed by atoms with Crippen molar-refractivity contribution in [1.82, 2.24) is 9.59 Å². The van der Waals surface area contributed by atoms with Gasteiger partial charge in [0.25, 0.3) is 0 Å². The summed E-state index contributed by atoms with van der Waals surface area (Å²) in [5.74, 6) is 0.677. The molecule has 0 radical (unpaired) electrons. The van der Waals surface area contributed by atoms with E-state index in [2.05, 4.69) is 9.59 Å². The molecular weight excluding hydrogens is 236 g/mol. The second-order valence-electron chi connectivity index (χ2n) is 3.87. The fraction of sp³-hybridized carbons (Fsp3) is 0.333. The largest absolute Gasteiger partial charge is 0.496 e. The molecule has 2 rings (SSSR count). The monoisotopic (exact) mass is 250 g/mol. The molecule has 1 heterocycles. The maximum Gasteiger partial charge on any atom is 0.125 e. The number of aliphatic hydroxyl groups is 1. The first kappa shape index (κ1) is 12.0. The topological polar surface area (TPSA) is 55.2 Å². The van der Waals surface area contributed by atoms with Crippen LogP contribution in [0.3, 0.4) is 0 Å². The normalized spacial score (nSPS) is 12.5. The van der Waals surface area contributed by atoms with Crippen LogP contribution in [0.2, 0.25) is 0 Å². The first-order valence-electron chi connectivity index (χ1n) is 5.25. The average molecular weight is 250 g/mol. The highest BCUT2D eigenvalue weighted by molar-refractivity contribution is 7.05. The molecule has 0 aliphatic heterocycles. The molecule has 0 saturated carbocycles. The van der Waals surface area contributed by atoms with Crippen LogP contribution in [0.25, 0.3) is 0 Å². The third kappa shape index (κ3) is 2.30. The Hall–Kier alpha value is -1.46. The fourth-order valence-corrected chi connectivity index (χ4v) is 2.35. The summed E-state index contributed by atoms with van der Waals surface area (Å²) in [4.78, 5) is 0.758. The molecule has 1 atom stereocenters. The minimum Gasteiger partial charge on any atom is -0.496 e. The number of hydrogen-bond donors (Lipinski definition) is 1. The van der Waals surface area contributed by atoms with Gasteiger partial charge in [-0.15, -0.1) is 5.10 Å². The highest BCUT2D eigenvalue weighted by atomic mass is 32.1. The average Bonchev–Trinajstić information content (AvgIpc) is 2.74. The Morgan fingerprint density at radius 3 is 2.71 bits per heavy atom. The van der Waals surface area contributed by atoms with Gasteiger partial charge >= 0.3 is 0 Å². The molecule has 0 fully saturated rings. The Labute approximate surface area is 104 Å². The minimum absolute atomic E-state index is 0.677. The molecule has 4 nitrogen and oxygen atoms in total. The predicted octanol–water partition coefficient (Wildman–Crippen LogP) is 2.25. The summed E-state index contributed by atoms with van der Waals surface area (Å²) in [5, 5.41) is 14.3. The number of rotatable bonds is 3. The SMILES string of the molecule is COc1ccc(C)cc1C(O)c1snnc1C. The summed E-state index contributed by atoms with van der Waals surface area (Å²) >= 11 is 1.21. The van der Waals surface area contributed by atoms with Crippen molar-refractivity contribution < 1.29 is 9.84 Å². The summed E-state index contributed by atoms with van der Waals surface area (Å²) in [6.45, 7) is 3.82.